The number of nitrogens with one attached hydrogen (secondary N) is 1. The van der Waals surface area contributed by atoms with Gasteiger partial charge in [-0.25, -0.2) is 5.43 Å². The fraction of sp³-hybridized carbons (Fsp3) is 0.0435. The van der Waals surface area contributed by atoms with E-state index in [1.165, 1.54) is 6.07 Å². The molecule has 1 amide bonds. The van der Waals surface area contributed by atoms with Gasteiger partial charge in [0.15, 0.2) is 0 Å². The molecule has 0 fully saturated rings. The molecule has 0 saturated carbocycles. The van der Waals surface area contributed by atoms with Crippen LogP contribution in [0.3, 0.4) is 0 Å². The number of fused-ring (bicyclic) bond motifs is 2. The van der Waals surface area contributed by atoms with Crippen molar-refractivity contribution < 1.29 is 9.72 Å². The number of benzene rings is 4. The molecule has 1 N–H and O–H groups in total. The van der Waals surface area contributed by atoms with Crippen LogP contribution in [0.2, 0.25) is 0 Å². The summed E-state index contributed by atoms with van der Waals surface area (Å²) in [6.07, 6.45) is 1.51. The van der Waals surface area contributed by atoms with Gasteiger partial charge in [0.1, 0.15) is 0 Å². The molecule has 0 aliphatic heterocycles. The predicted octanol–water partition coefficient (Wildman–Crippen LogP) is 4.59. The Labute approximate surface area is 166 Å². The Hall–Kier alpha value is -4.06. The molecule has 0 atom stereocenters. The minimum atomic E-state index is -0.492. The summed E-state index contributed by atoms with van der Waals surface area (Å²) in [6, 6.07) is 24.3. The maximum Gasteiger partial charge on any atom is 0.273 e. The number of nitrogens with zero attached hydrogens (tertiary/aromatic N) is 2. The molecule has 0 radical (unpaired) electrons. The van der Waals surface area contributed by atoms with Gasteiger partial charge in [0.2, 0.25) is 5.91 Å². The van der Waals surface area contributed by atoms with E-state index >= 15 is 0 Å². The third kappa shape index (κ3) is 3.82. The van der Waals surface area contributed by atoms with Gasteiger partial charge in [-0.15, -0.1) is 0 Å². The van der Waals surface area contributed by atoms with Gasteiger partial charge in [-0.2, -0.15) is 5.10 Å². The molecule has 4 rings (SSSR count). The van der Waals surface area contributed by atoms with E-state index in [0.717, 1.165) is 27.1 Å². The minimum Gasteiger partial charge on any atom is -0.273 e. The van der Waals surface area contributed by atoms with Gasteiger partial charge >= 0.3 is 0 Å². The van der Waals surface area contributed by atoms with E-state index in [2.05, 4.69) is 16.6 Å². The Morgan fingerprint density at radius 3 is 2.17 bits per heavy atom. The van der Waals surface area contributed by atoms with Gasteiger partial charge in [0, 0.05) is 17.2 Å². The lowest BCUT2D eigenvalue weighted by atomic mass is 9.97. The Kier molecular flexibility index (Phi) is 4.99. The van der Waals surface area contributed by atoms with Crippen molar-refractivity contribution in [1.82, 2.24) is 5.43 Å². The second kappa shape index (κ2) is 7.90. The van der Waals surface area contributed by atoms with Crippen molar-refractivity contribution in [3.63, 3.8) is 0 Å². The average Bonchev–Trinajstić information content (AvgIpc) is 2.73. The SMILES string of the molecule is O=C(Cc1ccccc1[N+](=O)[O-])NN=Cc1c2ccccc2cc2ccccc12. The van der Waals surface area contributed by atoms with Gasteiger partial charge in [-0.3, -0.25) is 14.9 Å². The second-order valence-corrected chi connectivity index (χ2v) is 6.59. The molecular weight excluding hydrogens is 366 g/mol. The summed E-state index contributed by atoms with van der Waals surface area (Å²) in [7, 11) is 0. The predicted molar refractivity (Wildman–Crippen MR) is 114 cm³/mol. The number of amides is 1. The summed E-state index contributed by atoms with van der Waals surface area (Å²) in [5.74, 6) is -0.417. The van der Waals surface area contributed by atoms with Crippen molar-refractivity contribution in [3.05, 3.63) is 100 Å². The molecule has 142 valence electrons. The number of hydrogen-bond donors (Lipinski definition) is 1. The maximum absolute atomic E-state index is 12.3. The average molecular weight is 383 g/mol. The molecular formula is C23H17N3O3. The summed E-state index contributed by atoms with van der Waals surface area (Å²) >= 11 is 0. The number of nitro groups is 1. The highest BCUT2D eigenvalue weighted by molar-refractivity contribution is 6.13. The van der Waals surface area contributed by atoms with Crippen LogP contribution in [0.5, 0.6) is 0 Å². The van der Waals surface area contributed by atoms with Crippen LogP contribution in [0.1, 0.15) is 11.1 Å². The lowest BCUT2D eigenvalue weighted by Gasteiger charge is -2.08. The zero-order valence-corrected chi connectivity index (χ0v) is 15.4. The molecule has 6 nitrogen and oxygen atoms in total. The van der Waals surface area contributed by atoms with Crippen LogP contribution >= 0.6 is 0 Å². The van der Waals surface area contributed by atoms with Crippen molar-refractivity contribution in [1.29, 1.82) is 0 Å². The number of hydrogen-bond acceptors (Lipinski definition) is 4. The highest BCUT2D eigenvalue weighted by Crippen LogP contribution is 2.27. The fourth-order valence-corrected chi connectivity index (χ4v) is 3.41. The third-order valence-electron chi connectivity index (χ3n) is 4.74. The summed E-state index contributed by atoms with van der Waals surface area (Å²) in [5, 5.41) is 19.4. The molecule has 29 heavy (non-hydrogen) atoms. The first-order valence-electron chi connectivity index (χ1n) is 9.08. The van der Waals surface area contributed by atoms with E-state index in [9.17, 15) is 14.9 Å². The number of carbonyl (C=O) groups is 1. The maximum atomic E-state index is 12.3. The summed E-state index contributed by atoms with van der Waals surface area (Å²) in [5.41, 5.74) is 3.66. The summed E-state index contributed by atoms with van der Waals surface area (Å²) < 4.78 is 0. The number of hydrazone groups is 1. The van der Waals surface area contributed by atoms with Crippen LogP contribution in [0.4, 0.5) is 5.69 Å². The molecule has 0 aliphatic rings. The summed E-state index contributed by atoms with van der Waals surface area (Å²) in [4.78, 5) is 22.9. The Morgan fingerprint density at radius 1 is 0.931 bits per heavy atom. The van der Waals surface area contributed by atoms with Gasteiger partial charge in [-0.05, 0) is 27.6 Å². The number of carbonyl (C=O) groups excluding carboxylic acids is 1. The van der Waals surface area contributed by atoms with Gasteiger partial charge in [-0.1, -0.05) is 66.7 Å². The van der Waals surface area contributed by atoms with Crippen molar-refractivity contribution >= 4 is 39.4 Å². The fourth-order valence-electron chi connectivity index (χ4n) is 3.41. The largest absolute Gasteiger partial charge is 0.273 e. The quantitative estimate of drug-likeness (QED) is 0.237. The highest BCUT2D eigenvalue weighted by atomic mass is 16.6. The Morgan fingerprint density at radius 2 is 1.52 bits per heavy atom. The normalized spacial score (nSPS) is 11.2. The van der Waals surface area contributed by atoms with Crippen LogP contribution in [0, 0.1) is 10.1 Å². The van der Waals surface area contributed by atoms with E-state index in [-0.39, 0.29) is 12.1 Å². The molecule has 0 aliphatic carbocycles. The highest BCUT2D eigenvalue weighted by Gasteiger charge is 2.15. The third-order valence-corrected chi connectivity index (χ3v) is 4.74. The van der Waals surface area contributed by atoms with E-state index < -0.39 is 10.8 Å². The zero-order chi connectivity index (χ0) is 20.2. The standard InChI is InChI=1S/C23H17N3O3/c27-23(14-18-9-3-6-12-22(18)26(28)29)25-24-15-21-19-10-4-1-7-16(19)13-17-8-2-5-11-20(17)21/h1-13,15H,14H2,(H,25,27). The number of nitro benzene ring substituents is 1. The van der Waals surface area contributed by atoms with E-state index in [0.29, 0.717) is 5.56 Å². The molecule has 0 aromatic heterocycles. The molecule has 0 bridgehead atoms. The molecule has 0 saturated heterocycles. The topological polar surface area (TPSA) is 84.6 Å². The van der Waals surface area contributed by atoms with Crippen molar-refractivity contribution in [2.45, 2.75) is 6.42 Å². The first-order valence-corrected chi connectivity index (χ1v) is 9.08. The first kappa shape index (κ1) is 18.3. The van der Waals surface area contributed by atoms with Crippen molar-refractivity contribution in [3.8, 4) is 0 Å². The molecule has 0 unspecified atom stereocenters. The lowest BCUT2D eigenvalue weighted by molar-refractivity contribution is -0.385. The second-order valence-electron chi connectivity index (χ2n) is 6.59. The van der Waals surface area contributed by atoms with E-state index in [4.69, 9.17) is 0 Å². The minimum absolute atomic E-state index is 0.0772. The monoisotopic (exact) mass is 383 g/mol. The van der Waals surface area contributed by atoms with Crippen LogP contribution in [0.25, 0.3) is 21.5 Å². The Balaban J connectivity index is 1.60. The molecule has 6 heteroatoms. The molecule has 4 aromatic rings. The lowest BCUT2D eigenvalue weighted by Crippen LogP contribution is -2.20. The van der Waals surface area contributed by atoms with Crippen LogP contribution in [-0.2, 0) is 11.2 Å². The zero-order valence-electron chi connectivity index (χ0n) is 15.4. The molecule has 0 heterocycles. The molecule has 4 aromatic carbocycles. The smallest absolute Gasteiger partial charge is 0.273 e. The van der Waals surface area contributed by atoms with Gasteiger partial charge in [0.05, 0.1) is 17.6 Å². The van der Waals surface area contributed by atoms with Gasteiger partial charge in [0.25, 0.3) is 5.69 Å². The number of para-hydroxylation sites is 1. The van der Waals surface area contributed by atoms with Crippen LogP contribution in [-0.4, -0.2) is 17.0 Å². The van der Waals surface area contributed by atoms with Crippen molar-refractivity contribution in [2.24, 2.45) is 5.10 Å². The van der Waals surface area contributed by atoms with E-state index in [1.54, 1.807) is 24.4 Å². The number of rotatable bonds is 5. The van der Waals surface area contributed by atoms with Gasteiger partial charge < -0.3 is 0 Å². The van der Waals surface area contributed by atoms with Crippen LogP contribution in [0.15, 0.2) is 84.0 Å². The van der Waals surface area contributed by atoms with E-state index in [1.807, 2.05) is 48.5 Å². The first-order chi connectivity index (χ1) is 14.1. The van der Waals surface area contributed by atoms with Crippen LogP contribution < -0.4 is 5.43 Å². The molecule has 0 spiro atoms. The van der Waals surface area contributed by atoms with Crippen molar-refractivity contribution in [2.75, 3.05) is 0 Å². The Bertz CT molecular complexity index is 1210. The summed E-state index contributed by atoms with van der Waals surface area (Å²) in [6.45, 7) is 0.